The first-order chi connectivity index (χ1) is 10.1. The van der Waals surface area contributed by atoms with Crippen molar-refractivity contribution in [2.24, 2.45) is 5.73 Å². The van der Waals surface area contributed by atoms with Gasteiger partial charge in [0, 0.05) is 24.7 Å². The summed E-state index contributed by atoms with van der Waals surface area (Å²) in [7, 11) is 4.37. The maximum absolute atomic E-state index is 5.81. The summed E-state index contributed by atoms with van der Waals surface area (Å²) in [5.74, 6) is 0.828. The van der Waals surface area contributed by atoms with Crippen LogP contribution in [0.15, 0.2) is 24.3 Å². The molecule has 0 radical (unpaired) electrons. The second-order valence-corrected chi connectivity index (χ2v) is 6.22. The lowest BCUT2D eigenvalue weighted by atomic mass is 10.1. The van der Waals surface area contributed by atoms with Crippen LogP contribution in [0.4, 0.5) is 0 Å². The minimum Gasteiger partial charge on any atom is -0.492 e. The van der Waals surface area contributed by atoms with E-state index in [1.165, 1.54) is 19.4 Å². The first-order valence-electron chi connectivity index (χ1n) is 7.47. The zero-order valence-electron chi connectivity index (χ0n) is 12.9. The van der Waals surface area contributed by atoms with Crippen LogP contribution in [-0.4, -0.2) is 61.2 Å². The predicted molar refractivity (Wildman–Crippen MR) is 91.0 cm³/mol. The maximum Gasteiger partial charge on any atom is 0.120 e. The molecule has 2 N–H and O–H groups in total. The van der Waals surface area contributed by atoms with Crippen molar-refractivity contribution in [2.45, 2.75) is 18.9 Å². The second kappa shape index (κ2) is 7.73. The molecule has 5 heteroatoms. The van der Waals surface area contributed by atoms with E-state index in [9.17, 15) is 0 Å². The van der Waals surface area contributed by atoms with Crippen LogP contribution in [0.5, 0.6) is 5.75 Å². The number of thiocarbonyl (C=S) groups is 1. The second-order valence-electron chi connectivity index (χ2n) is 5.78. The van der Waals surface area contributed by atoms with Gasteiger partial charge in [-0.1, -0.05) is 24.4 Å². The van der Waals surface area contributed by atoms with E-state index in [1.54, 1.807) is 0 Å². The number of piperidine rings is 1. The van der Waals surface area contributed by atoms with Crippen molar-refractivity contribution in [1.82, 2.24) is 9.80 Å². The van der Waals surface area contributed by atoms with Gasteiger partial charge in [-0.05, 0) is 45.6 Å². The number of hydrogen-bond acceptors (Lipinski definition) is 4. The van der Waals surface area contributed by atoms with Crippen molar-refractivity contribution >= 4 is 17.2 Å². The Balaban J connectivity index is 1.78. The number of nitrogens with two attached hydrogens (primary N) is 1. The van der Waals surface area contributed by atoms with Gasteiger partial charge in [0.15, 0.2) is 0 Å². The summed E-state index contributed by atoms with van der Waals surface area (Å²) in [6, 6.07) is 8.30. The largest absolute Gasteiger partial charge is 0.492 e. The summed E-state index contributed by atoms with van der Waals surface area (Å²) in [6.07, 6.45) is 2.56. The molecule has 0 saturated carbocycles. The first kappa shape index (κ1) is 16.2. The van der Waals surface area contributed by atoms with Crippen LogP contribution < -0.4 is 10.5 Å². The number of nitrogens with zero attached hydrogens (tertiary/aromatic N) is 2. The average Bonchev–Trinajstić information content (AvgIpc) is 2.47. The van der Waals surface area contributed by atoms with Crippen LogP contribution in [0, 0.1) is 0 Å². The highest BCUT2D eigenvalue weighted by molar-refractivity contribution is 7.80. The minimum atomic E-state index is 0.405. The lowest BCUT2D eigenvalue weighted by molar-refractivity contribution is 0.119. The summed E-state index contributed by atoms with van der Waals surface area (Å²) < 4.78 is 5.81. The van der Waals surface area contributed by atoms with Crippen molar-refractivity contribution in [3.8, 4) is 5.75 Å². The Bertz CT molecular complexity index is 480. The van der Waals surface area contributed by atoms with Gasteiger partial charge >= 0.3 is 0 Å². The van der Waals surface area contributed by atoms with E-state index in [-0.39, 0.29) is 0 Å². The zero-order valence-corrected chi connectivity index (χ0v) is 13.7. The lowest BCUT2D eigenvalue weighted by Crippen LogP contribution is -2.46. The molecule has 0 aromatic heterocycles. The molecule has 0 aliphatic carbocycles. The van der Waals surface area contributed by atoms with Crippen LogP contribution in [0.1, 0.15) is 18.4 Å². The minimum absolute atomic E-state index is 0.405. The molecule has 1 saturated heterocycles. The predicted octanol–water partition coefficient (Wildman–Crippen LogP) is 1.73. The van der Waals surface area contributed by atoms with Gasteiger partial charge in [0.2, 0.25) is 0 Å². The van der Waals surface area contributed by atoms with E-state index in [0.717, 1.165) is 24.4 Å². The molecule has 2 rings (SSSR count). The topological polar surface area (TPSA) is 41.7 Å². The Hall–Kier alpha value is -1.17. The molecular formula is C16H25N3OS. The first-order valence-corrected chi connectivity index (χ1v) is 7.88. The van der Waals surface area contributed by atoms with E-state index in [0.29, 0.717) is 17.6 Å². The van der Waals surface area contributed by atoms with Crippen molar-refractivity contribution in [3.05, 3.63) is 29.8 Å². The molecule has 0 spiro atoms. The number of hydrogen-bond donors (Lipinski definition) is 1. The molecular weight excluding hydrogens is 282 g/mol. The van der Waals surface area contributed by atoms with Gasteiger partial charge in [0.25, 0.3) is 0 Å². The van der Waals surface area contributed by atoms with Gasteiger partial charge in [0.1, 0.15) is 17.3 Å². The van der Waals surface area contributed by atoms with Crippen molar-refractivity contribution in [1.29, 1.82) is 0 Å². The van der Waals surface area contributed by atoms with Gasteiger partial charge < -0.3 is 15.4 Å². The van der Waals surface area contributed by atoms with E-state index in [2.05, 4.69) is 23.9 Å². The normalized spacial score (nSPS) is 19.7. The summed E-state index contributed by atoms with van der Waals surface area (Å²) in [5, 5.41) is 0. The fraction of sp³-hybridized carbons (Fsp3) is 0.562. The Morgan fingerprint density at radius 3 is 3.05 bits per heavy atom. The van der Waals surface area contributed by atoms with E-state index >= 15 is 0 Å². The smallest absolute Gasteiger partial charge is 0.120 e. The van der Waals surface area contributed by atoms with Crippen molar-refractivity contribution in [2.75, 3.05) is 40.3 Å². The number of likely N-dealkylation sites (N-methyl/N-ethyl adjacent to an activating group) is 2. The Labute approximate surface area is 132 Å². The van der Waals surface area contributed by atoms with Crippen molar-refractivity contribution < 1.29 is 4.74 Å². The molecule has 1 aliphatic rings. The van der Waals surface area contributed by atoms with Gasteiger partial charge in [0.05, 0.1) is 0 Å². The number of likely N-dealkylation sites (tertiary alicyclic amines) is 1. The number of rotatable bonds is 6. The third-order valence-electron chi connectivity index (χ3n) is 4.05. The van der Waals surface area contributed by atoms with Crippen LogP contribution >= 0.6 is 12.2 Å². The summed E-state index contributed by atoms with van der Waals surface area (Å²) >= 11 is 4.98. The van der Waals surface area contributed by atoms with Gasteiger partial charge in [-0.2, -0.15) is 0 Å². The monoisotopic (exact) mass is 307 g/mol. The third-order valence-corrected chi connectivity index (χ3v) is 4.29. The van der Waals surface area contributed by atoms with E-state index in [1.807, 2.05) is 24.3 Å². The molecule has 1 aliphatic heterocycles. The van der Waals surface area contributed by atoms with E-state index < -0.39 is 0 Å². The maximum atomic E-state index is 5.81. The quantitative estimate of drug-likeness (QED) is 0.811. The molecule has 1 atom stereocenters. The Morgan fingerprint density at radius 1 is 1.52 bits per heavy atom. The molecule has 1 aromatic rings. The Kier molecular flexibility index (Phi) is 5.96. The fourth-order valence-electron chi connectivity index (χ4n) is 2.73. The average molecular weight is 307 g/mol. The Morgan fingerprint density at radius 2 is 2.33 bits per heavy atom. The molecule has 0 amide bonds. The standard InChI is InChI=1S/C16H25N3OS/c1-18-8-4-6-14(12-18)19(2)9-10-20-15-7-3-5-13(11-15)16(17)21/h3,5,7,11,14H,4,6,8-10,12H2,1-2H3,(H2,17,21). The van der Waals surface area contributed by atoms with Gasteiger partial charge in [-0.3, -0.25) is 4.90 Å². The van der Waals surface area contributed by atoms with Crippen molar-refractivity contribution in [3.63, 3.8) is 0 Å². The van der Waals surface area contributed by atoms with Crippen LogP contribution in [0.25, 0.3) is 0 Å². The highest BCUT2D eigenvalue weighted by Gasteiger charge is 2.20. The SMILES string of the molecule is CN1CCCC(N(C)CCOc2cccc(C(N)=S)c2)C1. The number of ether oxygens (including phenoxy) is 1. The molecule has 1 fully saturated rings. The molecule has 116 valence electrons. The summed E-state index contributed by atoms with van der Waals surface area (Å²) in [6.45, 7) is 3.97. The molecule has 1 heterocycles. The number of benzene rings is 1. The molecule has 1 unspecified atom stereocenters. The van der Waals surface area contributed by atoms with E-state index in [4.69, 9.17) is 22.7 Å². The lowest BCUT2D eigenvalue weighted by Gasteiger charge is -2.35. The zero-order chi connectivity index (χ0) is 15.2. The molecule has 4 nitrogen and oxygen atoms in total. The van der Waals surface area contributed by atoms with Crippen LogP contribution in [-0.2, 0) is 0 Å². The highest BCUT2D eigenvalue weighted by atomic mass is 32.1. The van der Waals surface area contributed by atoms with Crippen LogP contribution in [0.3, 0.4) is 0 Å². The fourth-order valence-corrected chi connectivity index (χ4v) is 2.86. The van der Waals surface area contributed by atoms with Gasteiger partial charge in [-0.15, -0.1) is 0 Å². The van der Waals surface area contributed by atoms with Crippen LogP contribution in [0.2, 0.25) is 0 Å². The highest BCUT2D eigenvalue weighted by Crippen LogP contribution is 2.15. The molecule has 0 bridgehead atoms. The molecule has 21 heavy (non-hydrogen) atoms. The summed E-state index contributed by atoms with van der Waals surface area (Å²) in [4.78, 5) is 5.20. The summed E-state index contributed by atoms with van der Waals surface area (Å²) in [5.41, 5.74) is 6.48. The molecule has 1 aromatic carbocycles. The third kappa shape index (κ3) is 4.95. The van der Waals surface area contributed by atoms with Gasteiger partial charge in [-0.25, -0.2) is 0 Å².